The number of hydrogen-bond acceptors (Lipinski definition) is 7. The van der Waals surface area contributed by atoms with Crippen LogP contribution >= 0.6 is 11.8 Å². The topological polar surface area (TPSA) is 85.0 Å². The van der Waals surface area contributed by atoms with Crippen molar-refractivity contribution in [1.82, 2.24) is 14.8 Å². The lowest BCUT2D eigenvalue weighted by Gasteiger charge is -2.16. The number of nitrogens with zero attached hydrogens (tertiary/aromatic N) is 6. The molecule has 40 heavy (non-hydrogen) atoms. The highest BCUT2D eigenvalue weighted by atomic mass is 32.2. The highest BCUT2D eigenvalue weighted by molar-refractivity contribution is 8.16. The zero-order chi connectivity index (χ0) is 28.4. The normalized spacial score (nSPS) is 16.9. The number of halogens is 5. The molecule has 1 saturated heterocycles. The summed E-state index contributed by atoms with van der Waals surface area (Å²) in [6.07, 6.45) is -1.94. The molecule has 1 atom stereocenters. The average Bonchev–Trinajstić information content (AvgIpc) is 3.50. The summed E-state index contributed by atoms with van der Waals surface area (Å²) in [5.41, 5.74) is 1.28. The van der Waals surface area contributed by atoms with Crippen molar-refractivity contribution >= 4 is 34.7 Å². The fourth-order valence-corrected chi connectivity index (χ4v) is 4.60. The van der Waals surface area contributed by atoms with E-state index in [-0.39, 0.29) is 10.9 Å². The van der Waals surface area contributed by atoms with Crippen molar-refractivity contribution in [2.75, 3.05) is 4.90 Å². The molecule has 0 bridgehead atoms. The van der Waals surface area contributed by atoms with E-state index in [1.165, 1.54) is 47.6 Å². The number of para-hydroxylation sites is 1. The predicted octanol–water partition coefficient (Wildman–Crippen LogP) is 5.97. The summed E-state index contributed by atoms with van der Waals surface area (Å²) in [5.74, 6) is -2.27. The first-order chi connectivity index (χ1) is 19.1. The van der Waals surface area contributed by atoms with Crippen molar-refractivity contribution in [2.24, 2.45) is 10.2 Å². The fraction of sp³-hybridized carbons (Fsp3) is 0.115. The summed E-state index contributed by atoms with van der Waals surface area (Å²) in [4.78, 5) is 17.7. The van der Waals surface area contributed by atoms with Crippen molar-refractivity contribution in [2.45, 2.75) is 18.5 Å². The summed E-state index contributed by atoms with van der Waals surface area (Å²) in [6, 6.07) is 15.4. The molecule has 0 aliphatic carbocycles. The van der Waals surface area contributed by atoms with Gasteiger partial charge in [-0.25, -0.2) is 18.4 Å². The monoisotopic (exact) mass is 572 g/mol. The van der Waals surface area contributed by atoms with Gasteiger partial charge in [-0.1, -0.05) is 42.1 Å². The molecule has 1 aliphatic heterocycles. The summed E-state index contributed by atoms with van der Waals surface area (Å²) >= 11 is 1.04. The van der Waals surface area contributed by atoms with Crippen LogP contribution in [-0.4, -0.2) is 43.7 Å². The van der Waals surface area contributed by atoms with Gasteiger partial charge < -0.3 is 4.74 Å². The minimum Gasteiger partial charge on any atom is -0.406 e. The van der Waals surface area contributed by atoms with Crippen molar-refractivity contribution < 1.29 is 31.5 Å². The van der Waals surface area contributed by atoms with E-state index in [0.717, 1.165) is 28.8 Å². The van der Waals surface area contributed by atoms with Crippen LogP contribution in [-0.2, 0) is 4.79 Å². The third kappa shape index (κ3) is 5.86. The predicted molar refractivity (Wildman–Crippen MR) is 139 cm³/mol. The molecule has 4 aromatic rings. The van der Waals surface area contributed by atoms with E-state index in [1.54, 1.807) is 31.2 Å². The number of anilines is 1. The molecule has 1 amide bonds. The number of ether oxygens (including phenoxy) is 1. The standard InChI is InChI=1S/C26H17F5N6O2S/c1-15-24(38)37(22-20(27)3-2-4-21(22)28)25(40-15)34-33-13-16-5-7-17(8-6-16)23-32-14-36(35-23)18-9-11-19(12-10-18)39-26(29,30)31/h2-15H,1H3. The second-order valence-electron chi connectivity index (χ2n) is 8.31. The Labute approximate surface area is 227 Å². The summed E-state index contributed by atoms with van der Waals surface area (Å²) in [5, 5.41) is 11.8. The molecule has 0 radical (unpaired) electrons. The van der Waals surface area contributed by atoms with Crippen molar-refractivity contribution in [1.29, 1.82) is 0 Å². The lowest BCUT2D eigenvalue weighted by molar-refractivity contribution is -0.274. The molecule has 1 aliphatic rings. The molecule has 8 nitrogen and oxygen atoms in total. The Hall–Kier alpha value is -4.59. The number of benzene rings is 3. The maximum absolute atomic E-state index is 14.3. The van der Waals surface area contributed by atoms with E-state index < -0.39 is 34.8 Å². The van der Waals surface area contributed by atoms with Gasteiger partial charge >= 0.3 is 6.36 Å². The minimum atomic E-state index is -4.78. The van der Waals surface area contributed by atoms with Crippen molar-refractivity contribution in [3.8, 4) is 22.8 Å². The zero-order valence-electron chi connectivity index (χ0n) is 20.4. The number of carbonyl (C=O) groups is 1. The molecular weight excluding hydrogens is 555 g/mol. The Morgan fingerprint density at radius 1 is 1.00 bits per heavy atom. The molecule has 0 N–H and O–H groups in total. The fourth-order valence-electron chi connectivity index (χ4n) is 3.70. The number of hydrogen-bond donors (Lipinski definition) is 0. The maximum atomic E-state index is 14.3. The second-order valence-corrected chi connectivity index (χ2v) is 9.62. The smallest absolute Gasteiger partial charge is 0.406 e. The van der Waals surface area contributed by atoms with Crippen LogP contribution in [0.4, 0.5) is 27.6 Å². The van der Waals surface area contributed by atoms with Gasteiger partial charge in [-0.2, -0.15) is 5.10 Å². The van der Waals surface area contributed by atoms with E-state index >= 15 is 0 Å². The van der Waals surface area contributed by atoms with Crippen LogP contribution in [0.15, 0.2) is 83.3 Å². The minimum absolute atomic E-state index is 0.0436. The lowest BCUT2D eigenvalue weighted by Crippen LogP contribution is -2.32. The molecule has 1 fully saturated rings. The van der Waals surface area contributed by atoms with Gasteiger partial charge in [0.05, 0.1) is 17.2 Å². The number of aromatic nitrogens is 3. The number of amidine groups is 1. The van der Waals surface area contributed by atoms with Gasteiger partial charge in [0, 0.05) is 5.56 Å². The zero-order valence-corrected chi connectivity index (χ0v) is 21.2. The highest BCUT2D eigenvalue weighted by Crippen LogP contribution is 2.35. The summed E-state index contributed by atoms with van der Waals surface area (Å²) in [6.45, 7) is 1.61. The first-order valence-corrected chi connectivity index (χ1v) is 12.4. The molecule has 1 unspecified atom stereocenters. The van der Waals surface area contributed by atoms with Crippen LogP contribution < -0.4 is 9.64 Å². The van der Waals surface area contributed by atoms with Crippen LogP contribution in [0.25, 0.3) is 17.1 Å². The Morgan fingerprint density at radius 3 is 2.33 bits per heavy atom. The molecule has 204 valence electrons. The maximum Gasteiger partial charge on any atom is 0.573 e. The highest BCUT2D eigenvalue weighted by Gasteiger charge is 2.39. The molecule has 2 heterocycles. The van der Waals surface area contributed by atoms with Gasteiger partial charge in [0.2, 0.25) is 5.91 Å². The molecule has 0 spiro atoms. The van der Waals surface area contributed by atoms with E-state index in [4.69, 9.17) is 0 Å². The van der Waals surface area contributed by atoms with E-state index in [9.17, 15) is 26.7 Å². The molecule has 14 heteroatoms. The largest absolute Gasteiger partial charge is 0.573 e. The summed E-state index contributed by atoms with van der Waals surface area (Å²) in [7, 11) is 0. The Balaban J connectivity index is 1.29. The van der Waals surface area contributed by atoms with Crippen molar-refractivity contribution in [3.63, 3.8) is 0 Å². The van der Waals surface area contributed by atoms with Crippen LogP contribution in [0, 0.1) is 11.6 Å². The first-order valence-electron chi connectivity index (χ1n) is 11.5. The van der Waals surface area contributed by atoms with E-state index in [0.29, 0.717) is 22.6 Å². The Kier molecular flexibility index (Phi) is 7.34. The number of carbonyl (C=O) groups excluding carboxylic acids is 1. The molecule has 5 rings (SSSR count). The number of amides is 1. The third-order valence-corrected chi connectivity index (χ3v) is 6.58. The Bertz CT molecular complexity index is 1580. The first kappa shape index (κ1) is 27.0. The summed E-state index contributed by atoms with van der Waals surface area (Å²) < 4.78 is 71.0. The van der Waals surface area contributed by atoms with E-state index in [1.807, 2.05) is 0 Å². The van der Waals surface area contributed by atoms with Crippen LogP contribution in [0.2, 0.25) is 0 Å². The Morgan fingerprint density at radius 2 is 1.68 bits per heavy atom. The number of thioether (sulfide) groups is 1. The third-order valence-electron chi connectivity index (χ3n) is 5.55. The number of rotatable bonds is 6. The van der Waals surface area contributed by atoms with Crippen LogP contribution in [0.5, 0.6) is 5.75 Å². The second kappa shape index (κ2) is 10.9. The van der Waals surface area contributed by atoms with Gasteiger partial charge in [-0.15, -0.1) is 23.4 Å². The molecular formula is C26H17F5N6O2S. The van der Waals surface area contributed by atoms with Gasteiger partial charge in [0.25, 0.3) is 0 Å². The van der Waals surface area contributed by atoms with Gasteiger partial charge in [-0.05, 0) is 48.9 Å². The van der Waals surface area contributed by atoms with Crippen molar-refractivity contribution in [3.05, 3.63) is 90.3 Å². The molecule has 3 aromatic carbocycles. The molecule has 0 saturated carbocycles. The number of alkyl halides is 3. The SMILES string of the molecule is CC1SC(=NN=Cc2ccc(-c3ncn(-c4ccc(OC(F)(F)F)cc4)n3)cc2)N(c2c(F)cccc2F)C1=O. The van der Waals surface area contributed by atoms with Crippen LogP contribution in [0.1, 0.15) is 12.5 Å². The quantitative estimate of drug-likeness (QED) is 0.162. The molecule has 1 aromatic heterocycles. The average molecular weight is 573 g/mol. The van der Waals surface area contributed by atoms with Gasteiger partial charge in [0.15, 0.2) is 11.0 Å². The lowest BCUT2D eigenvalue weighted by atomic mass is 10.1. The van der Waals surface area contributed by atoms with E-state index in [2.05, 4.69) is 25.0 Å². The van der Waals surface area contributed by atoms with Crippen LogP contribution in [0.3, 0.4) is 0 Å². The van der Waals surface area contributed by atoms with Gasteiger partial charge in [0.1, 0.15) is 29.4 Å². The van der Waals surface area contributed by atoms with Gasteiger partial charge in [-0.3, -0.25) is 9.69 Å².